The molecule has 2 aromatic heterocycles. The second kappa shape index (κ2) is 9.34. The number of amides is 1. The fraction of sp³-hybridized carbons (Fsp3) is 0.0417. The highest BCUT2D eigenvalue weighted by Gasteiger charge is 2.03. The molecule has 0 spiro atoms. The number of ether oxygens (including phenoxy) is 1. The first-order chi connectivity index (χ1) is 14.8. The number of hydrogen-bond acceptors (Lipinski definition) is 4. The number of benzene rings is 2. The summed E-state index contributed by atoms with van der Waals surface area (Å²) in [6.07, 6.45) is 10.4. The summed E-state index contributed by atoms with van der Waals surface area (Å²) in [5, 5.41) is 7.11. The number of nitrogens with zero attached hydrogens (tertiary/aromatic N) is 3. The molecule has 148 valence electrons. The van der Waals surface area contributed by atoms with Crippen molar-refractivity contribution in [3.05, 3.63) is 109 Å². The Morgan fingerprint density at radius 3 is 2.63 bits per heavy atom. The molecule has 6 heteroatoms. The fourth-order valence-corrected chi connectivity index (χ4v) is 2.88. The third-order valence-corrected chi connectivity index (χ3v) is 4.35. The van der Waals surface area contributed by atoms with E-state index in [0.717, 1.165) is 22.6 Å². The highest BCUT2D eigenvalue weighted by molar-refractivity contribution is 6.02. The zero-order valence-electron chi connectivity index (χ0n) is 16.2. The number of nitrogens with one attached hydrogen (secondary N) is 1. The van der Waals surface area contributed by atoms with Crippen molar-refractivity contribution < 1.29 is 9.53 Å². The standard InChI is InChI=1S/C24H20N4O2/c29-24(13-8-20-6-1-2-7-23(20)28-16-4-15-26-28)27-21-9-11-22(12-10-21)30-18-19-5-3-14-25-17-19/h1-17H,18H2,(H,27,29)/b13-8+. The van der Waals surface area contributed by atoms with Crippen LogP contribution in [-0.4, -0.2) is 20.7 Å². The van der Waals surface area contributed by atoms with Crippen molar-refractivity contribution in [3.63, 3.8) is 0 Å². The number of rotatable bonds is 7. The molecule has 1 amide bonds. The second-order valence-electron chi connectivity index (χ2n) is 6.51. The molecule has 0 bridgehead atoms. The summed E-state index contributed by atoms with van der Waals surface area (Å²) in [6, 6.07) is 20.7. The van der Waals surface area contributed by atoms with Gasteiger partial charge >= 0.3 is 0 Å². The molecular weight excluding hydrogens is 376 g/mol. The Bertz CT molecular complexity index is 1120. The molecule has 4 aromatic rings. The average Bonchev–Trinajstić information content (AvgIpc) is 3.33. The summed E-state index contributed by atoms with van der Waals surface area (Å²) in [5.74, 6) is 0.509. The number of carbonyl (C=O) groups excluding carboxylic acids is 1. The van der Waals surface area contributed by atoms with Crippen LogP contribution in [-0.2, 0) is 11.4 Å². The monoisotopic (exact) mass is 396 g/mol. The predicted octanol–water partition coefficient (Wildman–Crippen LogP) is 4.50. The summed E-state index contributed by atoms with van der Waals surface area (Å²) in [6.45, 7) is 0.442. The maximum Gasteiger partial charge on any atom is 0.248 e. The van der Waals surface area contributed by atoms with Gasteiger partial charge in [0, 0.05) is 47.7 Å². The summed E-state index contributed by atoms with van der Waals surface area (Å²) in [4.78, 5) is 16.4. The lowest BCUT2D eigenvalue weighted by atomic mass is 10.1. The molecule has 0 fully saturated rings. The van der Waals surface area contributed by atoms with Crippen LogP contribution in [0.2, 0.25) is 0 Å². The number of pyridine rings is 1. The van der Waals surface area contributed by atoms with Gasteiger partial charge in [-0.1, -0.05) is 24.3 Å². The van der Waals surface area contributed by atoms with Gasteiger partial charge in [-0.3, -0.25) is 9.78 Å². The topological polar surface area (TPSA) is 69.0 Å². The third kappa shape index (κ3) is 4.99. The molecule has 4 rings (SSSR count). The van der Waals surface area contributed by atoms with Gasteiger partial charge in [0.2, 0.25) is 5.91 Å². The lowest BCUT2D eigenvalue weighted by molar-refractivity contribution is -0.111. The zero-order valence-corrected chi connectivity index (χ0v) is 16.2. The van der Waals surface area contributed by atoms with Crippen molar-refractivity contribution >= 4 is 17.7 Å². The van der Waals surface area contributed by atoms with Crippen LogP contribution in [0.25, 0.3) is 11.8 Å². The first-order valence-corrected chi connectivity index (χ1v) is 9.48. The molecule has 0 aliphatic carbocycles. The Kier molecular flexibility index (Phi) is 5.96. The van der Waals surface area contributed by atoms with Crippen molar-refractivity contribution in [2.45, 2.75) is 6.61 Å². The molecule has 6 nitrogen and oxygen atoms in total. The first kappa shape index (κ1) is 19.1. The zero-order chi connectivity index (χ0) is 20.6. The van der Waals surface area contributed by atoms with Gasteiger partial charge in [-0.2, -0.15) is 5.10 Å². The van der Waals surface area contributed by atoms with E-state index in [1.54, 1.807) is 29.3 Å². The molecule has 0 radical (unpaired) electrons. The lowest BCUT2D eigenvalue weighted by Crippen LogP contribution is -2.07. The quantitative estimate of drug-likeness (QED) is 0.467. The Balaban J connectivity index is 1.35. The Labute approximate surface area is 174 Å². The van der Waals surface area contributed by atoms with Gasteiger partial charge in [-0.05, 0) is 48.5 Å². The van der Waals surface area contributed by atoms with Crippen LogP contribution in [0.3, 0.4) is 0 Å². The first-order valence-electron chi connectivity index (χ1n) is 9.48. The molecule has 1 N–H and O–H groups in total. The van der Waals surface area contributed by atoms with E-state index in [2.05, 4.69) is 15.4 Å². The van der Waals surface area contributed by atoms with Gasteiger partial charge in [0.1, 0.15) is 12.4 Å². The molecule has 0 atom stereocenters. The minimum atomic E-state index is -0.214. The van der Waals surface area contributed by atoms with E-state index in [1.807, 2.05) is 72.9 Å². The van der Waals surface area contributed by atoms with Crippen molar-refractivity contribution in [2.75, 3.05) is 5.32 Å². The number of aromatic nitrogens is 3. The Morgan fingerprint density at radius 2 is 1.87 bits per heavy atom. The highest BCUT2D eigenvalue weighted by atomic mass is 16.5. The summed E-state index contributed by atoms with van der Waals surface area (Å²) >= 11 is 0. The largest absolute Gasteiger partial charge is 0.489 e. The molecular formula is C24H20N4O2. The van der Waals surface area contributed by atoms with E-state index < -0.39 is 0 Å². The number of hydrogen-bond donors (Lipinski definition) is 1. The summed E-state index contributed by atoms with van der Waals surface area (Å²) in [5.41, 5.74) is 3.49. The fourth-order valence-electron chi connectivity index (χ4n) is 2.88. The van der Waals surface area contributed by atoms with Crippen molar-refractivity contribution in [1.29, 1.82) is 0 Å². The van der Waals surface area contributed by atoms with Gasteiger partial charge in [0.25, 0.3) is 0 Å². The van der Waals surface area contributed by atoms with Gasteiger partial charge in [-0.15, -0.1) is 0 Å². The predicted molar refractivity (Wildman–Crippen MR) is 116 cm³/mol. The normalized spacial score (nSPS) is 10.8. The van der Waals surface area contributed by atoms with Crippen LogP contribution >= 0.6 is 0 Å². The van der Waals surface area contributed by atoms with Crippen LogP contribution in [0, 0.1) is 0 Å². The van der Waals surface area contributed by atoms with Crippen molar-refractivity contribution in [2.24, 2.45) is 0 Å². The number of anilines is 1. The van der Waals surface area contributed by atoms with E-state index in [0.29, 0.717) is 12.3 Å². The maximum absolute atomic E-state index is 12.3. The van der Waals surface area contributed by atoms with E-state index in [9.17, 15) is 4.79 Å². The maximum atomic E-state index is 12.3. The molecule has 2 heterocycles. The average molecular weight is 396 g/mol. The summed E-state index contributed by atoms with van der Waals surface area (Å²) < 4.78 is 7.50. The van der Waals surface area contributed by atoms with Crippen LogP contribution in [0.4, 0.5) is 5.69 Å². The van der Waals surface area contributed by atoms with Crippen LogP contribution in [0.1, 0.15) is 11.1 Å². The Hall–Kier alpha value is -4.19. The van der Waals surface area contributed by atoms with E-state index in [4.69, 9.17) is 4.74 Å². The molecule has 30 heavy (non-hydrogen) atoms. The molecule has 0 aliphatic heterocycles. The van der Waals surface area contributed by atoms with Gasteiger partial charge < -0.3 is 10.1 Å². The minimum absolute atomic E-state index is 0.214. The van der Waals surface area contributed by atoms with Crippen molar-refractivity contribution in [1.82, 2.24) is 14.8 Å². The summed E-state index contributed by atoms with van der Waals surface area (Å²) in [7, 11) is 0. The van der Waals surface area contributed by atoms with E-state index >= 15 is 0 Å². The van der Waals surface area contributed by atoms with Gasteiger partial charge in [0.15, 0.2) is 0 Å². The smallest absolute Gasteiger partial charge is 0.248 e. The SMILES string of the molecule is O=C(/C=C/c1ccccc1-n1cccn1)Nc1ccc(OCc2cccnc2)cc1. The minimum Gasteiger partial charge on any atom is -0.489 e. The highest BCUT2D eigenvalue weighted by Crippen LogP contribution is 2.18. The molecule has 0 aliphatic rings. The van der Waals surface area contributed by atoms with Crippen molar-refractivity contribution in [3.8, 4) is 11.4 Å². The lowest BCUT2D eigenvalue weighted by Gasteiger charge is -2.08. The molecule has 0 saturated carbocycles. The van der Waals surface area contributed by atoms with Gasteiger partial charge in [0.05, 0.1) is 5.69 Å². The van der Waals surface area contributed by atoms with Crippen LogP contribution in [0.5, 0.6) is 5.75 Å². The van der Waals surface area contributed by atoms with Crippen LogP contribution in [0.15, 0.2) is 97.6 Å². The number of para-hydroxylation sites is 1. The molecule has 0 saturated heterocycles. The third-order valence-electron chi connectivity index (χ3n) is 4.35. The second-order valence-corrected chi connectivity index (χ2v) is 6.51. The van der Waals surface area contributed by atoms with E-state index in [1.165, 1.54) is 6.08 Å². The van der Waals surface area contributed by atoms with E-state index in [-0.39, 0.29) is 5.91 Å². The molecule has 0 unspecified atom stereocenters. The molecule has 2 aromatic carbocycles. The van der Waals surface area contributed by atoms with Gasteiger partial charge in [-0.25, -0.2) is 4.68 Å². The number of carbonyl (C=O) groups is 1. The Morgan fingerprint density at radius 1 is 1.00 bits per heavy atom. The van der Waals surface area contributed by atoms with Crippen LogP contribution < -0.4 is 10.1 Å².